The molecule has 2 aliphatic rings. The van der Waals surface area contributed by atoms with Crippen molar-refractivity contribution in [3.05, 3.63) is 64.4 Å². The maximum Gasteiger partial charge on any atom is 0.250 e. The first-order valence-electron chi connectivity index (χ1n) is 9.58. The van der Waals surface area contributed by atoms with Gasteiger partial charge in [0.25, 0.3) is 5.56 Å². The quantitative estimate of drug-likeness (QED) is 0.695. The number of benzene rings is 1. The van der Waals surface area contributed by atoms with Crippen molar-refractivity contribution in [3.8, 4) is 17.1 Å². The van der Waals surface area contributed by atoms with Crippen molar-refractivity contribution in [2.24, 2.45) is 5.92 Å². The number of methoxy groups -OCH3 is 1. The molecule has 1 saturated heterocycles. The zero-order valence-electron chi connectivity index (χ0n) is 15.7. The van der Waals surface area contributed by atoms with E-state index in [0.717, 1.165) is 43.1 Å². The molecule has 0 saturated carbocycles. The van der Waals surface area contributed by atoms with Gasteiger partial charge >= 0.3 is 0 Å². The zero-order chi connectivity index (χ0) is 19.1. The van der Waals surface area contributed by atoms with Crippen LogP contribution in [0.4, 0.5) is 0 Å². The fourth-order valence-corrected chi connectivity index (χ4v) is 4.49. The fraction of sp³-hybridized carbons (Fsp3) is 0.381. The summed E-state index contributed by atoms with van der Waals surface area (Å²) in [6.45, 7) is 3.27. The summed E-state index contributed by atoms with van der Waals surface area (Å²) in [5.74, 6) is 2.87. The van der Waals surface area contributed by atoms with Crippen LogP contribution in [0.3, 0.4) is 0 Å². The Labute approximate surface area is 162 Å². The van der Waals surface area contributed by atoms with E-state index in [-0.39, 0.29) is 5.56 Å². The molecule has 2 atom stereocenters. The maximum atomic E-state index is 12.2. The Morgan fingerprint density at radius 1 is 1.14 bits per heavy atom. The van der Waals surface area contributed by atoms with Gasteiger partial charge in [0.2, 0.25) is 11.7 Å². The van der Waals surface area contributed by atoms with E-state index >= 15 is 0 Å². The molecule has 0 spiro atoms. The highest BCUT2D eigenvalue weighted by atomic mass is 16.5. The number of nitrogens with zero attached hydrogens (tertiary/aromatic N) is 4. The summed E-state index contributed by atoms with van der Waals surface area (Å²) in [6, 6.07) is 13.2. The van der Waals surface area contributed by atoms with Gasteiger partial charge in [-0.1, -0.05) is 11.2 Å². The molecule has 0 amide bonds. The standard InChI is InChI=1S/C21H22N4O3/c1-27-17-7-5-15(6-8-17)21-22-19(28-23-21)13-24-10-14-9-16(12-24)18-3-2-4-20(26)25(18)11-14/h2-8,14,16H,9-13H2,1H3/t14-,16+/m1/s1. The van der Waals surface area contributed by atoms with Crippen LogP contribution in [0, 0.1) is 5.92 Å². The summed E-state index contributed by atoms with van der Waals surface area (Å²) in [7, 11) is 1.64. The molecule has 4 heterocycles. The molecule has 1 aromatic carbocycles. The minimum Gasteiger partial charge on any atom is -0.497 e. The molecule has 0 radical (unpaired) electrons. The fourth-order valence-electron chi connectivity index (χ4n) is 4.49. The molecule has 5 rings (SSSR count). The lowest BCUT2D eigenvalue weighted by Gasteiger charge is -2.42. The highest BCUT2D eigenvalue weighted by Crippen LogP contribution is 2.35. The number of fused-ring (bicyclic) bond motifs is 4. The molecule has 7 nitrogen and oxygen atoms in total. The number of hydrogen-bond donors (Lipinski definition) is 0. The number of likely N-dealkylation sites (tertiary alicyclic amines) is 1. The SMILES string of the molecule is COc1ccc(-c2noc(CN3C[C@H]4C[C@@H](C3)c3cccc(=O)n3C4)n2)cc1. The highest BCUT2D eigenvalue weighted by molar-refractivity contribution is 5.55. The predicted molar refractivity (Wildman–Crippen MR) is 103 cm³/mol. The number of aromatic nitrogens is 3. The summed E-state index contributed by atoms with van der Waals surface area (Å²) < 4.78 is 12.6. The lowest BCUT2D eigenvalue weighted by Crippen LogP contribution is -2.46. The number of pyridine rings is 1. The predicted octanol–water partition coefficient (Wildman–Crippen LogP) is 2.53. The number of hydrogen-bond acceptors (Lipinski definition) is 6. The second-order valence-corrected chi connectivity index (χ2v) is 7.63. The first-order valence-corrected chi connectivity index (χ1v) is 9.58. The van der Waals surface area contributed by atoms with Crippen molar-refractivity contribution in [2.45, 2.75) is 25.4 Å². The molecule has 28 heavy (non-hydrogen) atoms. The van der Waals surface area contributed by atoms with Gasteiger partial charge in [-0.25, -0.2) is 0 Å². The number of ether oxygens (including phenoxy) is 1. The molecule has 2 bridgehead atoms. The van der Waals surface area contributed by atoms with Gasteiger partial charge in [-0.3, -0.25) is 9.69 Å². The molecular formula is C21H22N4O3. The lowest BCUT2D eigenvalue weighted by atomic mass is 9.83. The van der Waals surface area contributed by atoms with Gasteiger partial charge < -0.3 is 13.8 Å². The third-order valence-corrected chi connectivity index (χ3v) is 5.73. The topological polar surface area (TPSA) is 73.4 Å². The molecule has 0 unspecified atom stereocenters. The molecule has 0 aliphatic carbocycles. The number of rotatable bonds is 4. The van der Waals surface area contributed by atoms with E-state index in [4.69, 9.17) is 9.26 Å². The third kappa shape index (κ3) is 3.11. The van der Waals surface area contributed by atoms with E-state index in [1.807, 2.05) is 34.9 Å². The minimum absolute atomic E-state index is 0.113. The van der Waals surface area contributed by atoms with E-state index in [9.17, 15) is 4.79 Å². The van der Waals surface area contributed by atoms with Crippen LogP contribution in [0.5, 0.6) is 5.75 Å². The van der Waals surface area contributed by atoms with Crippen molar-refractivity contribution in [1.29, 1.82) is 0 Å². The highest BCUT2D eigenvalue weighted by Gasteiger charge is 2.34. The molecule has 3 aromatic rings. The average molecular weight is 378 g/mol. The van der Waals surface area contributed by atoms with Crippen LogP contribution >= 0.6 is 0 Å². The molecule has 144 valence electrons. The Balaban J connectivity index is 1.31. The van der Waals surface area contributed by atoms with E-state index in [1.54, 1.807) is 13.2 Å². The first kappa shape index (κ1) is 17.2. The van der Waals surface area contributed by atoms with Gasteiger partial charge in [-0.15, -0.1) is 0 Å². The van der Waals surface area contributed by atoms with Gasteiger partial charge in [0, 0.05) is 42.9 Å². The van der Waals surface area contributed by atoms with Crippen LogP contribution in [0.2, 0.25) is 0 Å². The third-order valence-electron chi connectivity index (χ3n) is 5.73. The van der Waals surface area contributed by atoms with Gasteiger partial charge in [0.15, 0.2) is 0 Å². The average Bonchev–Trinajstić information content (AvgIpc) is 3.17. The van der Waals surface area contributed by atoms with E-state index in [0.29, 0.717) is 30.1 Å². The molecular weight excluding hydrogens is 356 g/mol. The smallest absolute Gasteiger partial charge is 0.250 e. The minimum atomic E-state index is 0.113. The molecule has 2 aliphatic heterocycles. The normalized spacial score (nSPS) is 21.3. The second kappa shape index (κ2) is 6.91. The first-order chi connectivity index (χ1) is 13.7. The van der Waals surface area contributed by atoms with Crippen LogP contribution in [-0.4, -0.2) is 39.8 Å². The second-order valence-electron chi connectivity index (χ2n) is 7.63. The van der Waals surface area contributed by atoms with Crippen molar-refractivity contribution in [3.63, 3.8) is 0 Å². The van der Waals surface area contributed by atoms with Crippen LogP contribution < -0.4 is 10.3 Å². The van der Waals surface area contributed by atoms with Gasteiger partial charge in [-0.2, -0.15) is 4.98 Å². The van der Waals surface area contributed by atoms with Crippen LogP contribution in [-0.2, 0) is 13.1 Å². The Kier molecular flexibility index (Phi) is 4.24. The van der Waals surface area contributed by atoms with Crippen LogP contribution in [0.25, 0.3) is 11.4 Å². The Hall–Kier alpha value is -2.93. The van der Waals surface area contributed by atoms with Crippen LogP contribution in [0.1, 0.15) is 23.9 Å². The van der Waals surface area contributed by atoms with Crippen molar-refractivity contribution >= 4 is 0 Å². The monoisotopic (exact) mass is 378 g/mol. The van der Waals surface area contributed by atoms with E-state index < -0.39 is 0 Å². The van der Waals surface area contributed by atoms with Crippen molar-refractivity contribution < 1.29 is 9.26 Å². The van der Waals surface area contributed by atoms with Crippen molar-refractivity contribution in [1.82, 2.24) is 19.6 Å². The van der Waals surface area contributed by atoms with Crippen LogP contribution in [0.15, 0.2) is 51.8 Å². The molecule has 7 heteroatoms. The lowest BCUT2D eigenvalue weighted by molar-refractivity contribution is 0.104. The summed E-state index contributed by atoms with van der Waals surface area (Å²) in [4.78, 5) is 19.1. The molecule has 2 aromatic heterocycles. The summed E-state index contributed by atoms with van der Waals surface area (Å²) in [6.07, 6.45) is 1.14. The molecule has 1 fully saturated rings. The summed E-state index contributed by atoms with van der Waals surface area (Å²) in [5.41, 5.74) is 2.17. The maximum absolute atomic E-state index is 12.2. The Morgan fingerprint density at radius 2 is 2.00 bits per heavy atom. The summed E-state index contributed by atoms with van der Waals surface area (Å²) in [5, 5.41) is 4.13. The Bertz CT molecular complexity index is 1040. The van der Waals surface area contributed by atoms with Gasteiger partial charge in [-0.05, 0) is 42.7 Å². The van der Waals surface area contributed by atoms with E-state index in [2.05, 4.69) is 21.1 Å². The van der Waals surface area contributed by atoms with Crippen molar-refractivity contribution in [2.75, 3.05) is 20.2 Å². The van der Waals surface area contributed by atoms with E-state index in [1.165, 1.54) is 0 Å². The van der Waals surface area contributed by atoms with Gasteiger partial charge in [0.1, 0.15) is 5.75 Å². The largest absolute Gasteiger partial charge is 0.497 e. The molecule has 0 N–H and O–H groups in total. The number of piperidine rings is 1. The summed E-state index contributed by atoms with van der Waals surface area (Å²) >= 11 is 0. The Morgan fingerprint density at radius 3 is 2.82 bits per heavy atom. The van der Waals surface area contributed by atoms with Gasteiger partial charge in [0.05, 0.1) is 13.7 Å². The zero-order valence-corrected chi connectivity index (χ0v) is 15.7.